The minimum absolute atomic E-state index is 0.0696. The van der Waals surface area contributed by atoms with Gasteiger partial charge in [-0.05, 0) is 56.0 Å². The zero-order valence-electron chi connectivity index (χ0n) is 16.0. The number of aryl methyl sites for hydroxylation is 2. The van der Waals surface area contributed by atoms with Gasteiger partial charge in [-0.3, -0.25) is 9.59 Å². The molecule has 1 aromatic carbocycles. The molecule has 2 amide bonds. The van der Waals surface area contributed by atoms with Gasteiger partial charge in [-0.25, -0.2) is 4.98 Å². The number of nitrogens with zero attached hydrogens (tertiary/aromatic N) is 2. The van der Waals surface area contributed by atoms with Crippen molar-refractivity contribution in [2.75, 3.05) is 25.5 Å². The first-order chi connectivity index (χ1) is 13.0. The van der Waals surface area contributed by atoms with Crippen molar-refractivity contribution in [3.05, 3.63) is 53.2 Å². The number of nitrogens with one attached hydrogen (secondary N) is 1. The van der Waals surface area contributed by atoms with Crippen LogP contribution in [0.2, 0.25) is 0 Å². The normalized spacial score (nSPS) is 16.7. The van der Waals surface area contributed by atoms with Crippen LogP contribution in [-0.2, 0) is 4.79 Å². The van der Waals surface area contributed by atoms with Gasteiger partial charge in [0.15, 0.2) is 0 Å². The maximum absolute atomic E-state index is 12.9. The minimum atomic E-state index is -0.239. The van der Waals surface area contributed by atoms with Crippen LogP contribution in [0.3, 0.4) is 0 Å². The van der Waals surface area contributed by atoms with E-state index in [1.54, 1.807) is 30.3 Å². The number of anilines is 1. The topological polar surface area (TPSA) is 71.5 Å². The number of piperidine rings is 1. The second-order valence-electron chi connectivity index (χ2n) is 6.93. The number of hydrogen-bond acceptors (Lipinski definition) is 4. The Kier molecular flexibility index (Phi) is 5.74. The Morgan fingerprint density at radius 1 is 1.22 bits per heavy atom. The maximum Gasteiger partial charge on any atom is 0.254 e. The third kappa shape index (κ3) is 4.27. The molecule has 0 spiro atoms. The molecule has 3 rings (SSSR count). The lowest BCUT2D eigenvalue weighted by Crippen LogP contribution is -2.43. The zero-order valence-corrected chi connectivity index (χ0v) is 16.0. The number of carbonyl (C=O) groups is 2. The fraction of sp³-hybridized carbons (Fsp3) is 0.381. The molecule has 6 nitrogen and oxygen atoms in total. The summed E-state index contributed by atoms with van der Waals surface area (Å²) in [4.78, 5) is 31.5. The van der Waals surface area contributed by atoms with Gasteiger partial charge in [0.25, 0.3) is 5.91 Å². The van der Waals surface area contributed by atoms with E-state index in [0.717, 1.165) is 24.0 Å². The summed E-state index contributed by atoms with van der Waals surface area (Å²) in [6.45, 7) is 4.91. The number of carbonyl (C=O) groups excluding carboxylic acids is 2. The molecule has 1 unspecified atom stereocenters. The SMILES string of the molecule is COc1cc(C(=O)N2CCCC(C(=O)Nc3ncccc3C)C2)ccc1C. The van der Waals surface area contributed by atoms with Crippen molar-refractivity contribution in [2.24, 2.45) is 5.92 Å². The number of methoxy groups -OCH3 is 1. The number of hydrogen-bond donors (Lipinski definition) is 1. The highest BCUT2D eigenvalue weighted by molar-refractivity contribution is 5.96. The molecular weight excluding hydrogens is 342 g/mol. The number of benzene rings is 1. The Bertz CT molecular complexity index is 850. The first-order valence-corrected chi connectivity index (χ1v) is 9.16. The van der Waals surface area contributed by atoms with Crippen molar-refractivity contribution in [1.29, 1.82) is 0 Å². The summed E-state index contributed by atoms with van der Waals surface area (Å²) in [7, 11) is 1.59. The predicted octanol–water partition coefficient (Wildman–Crippen LogP) is 3.20. The van der Waals surface area contributed by atoms with Crippen molar-refractivity contribution in [2.45, 2.75) is 26.7 Å². The van der Waals surface area contributed by atoms with Crippen molar-refractivity contribution in [3.63, 3.8) is 0 Å². The highest BCUT2D eigenvalue weighted by atomic mass is 16.5. The third-order valence-electron chi connectivity index (χ3n) is 4.99. The van der Waals surface area contributed by atoms with Crippen LogP contribution in [0.5, 0.6) is 5.75 Å². The van der Waals surface area contributed by atoms with Crippen molar-refractivity contribution >= 4 is 17.6 Å². The number of pyridine rings is 1. The average molecular weight is 367 g/mol. The van der Waals surface area contributed by atoms with Crippen molar-refractivity contribution in [3.8, 4) is 5.75 Å². The molecule has 1 aliphatic heterocycles. The third-order valence-corrected chi connectivity index (χ3v) is 4.99. The number of amides is 2. The molecule has 0 radical (unpaired) electrons. The Morgan fingerprint density at radius 2 is 2.04 bits per heavy atom. The van der Waals surface area contributed by atoms with Gasteiger partial charge in [0, 0.05) is 24.8 Å². The van der Waals surface area contributed by atoms with E-state index in [2.05, 4.69) is 10.3 Å². The van der Waals surface area contributed by atoms with Gasteiger partial charge in [-0.2, -0.15) is 0 Å². The Morgan fingerprint density at radius 3 is 2.78 bits per heavy atom. The first kappa shape index (κ1) is 18.9. The van der Waals surface area contributed by atoms with Crippen LogP contribution in [0.25, 0.3) is 0 Å². The summed E-state index contributed by atoms with van der Waals surface area (Å²) in [5.74, 6) is 0.874. The smallest absolute Gasteiger partial charge is 0.254 e. The molecule has 0 bridgehead atoms. The van der Waals surface area contributed by atoms with Crippen LogP contribution in [0.4, 0.5) is 5.82 Å². The van der Waals surface area contributed by atoms with Gasteiger partial charge in [-0.15, -0.1) is 0 Å². The lowest BCUT2D eigenvalue weighted by Gasteiger charge is -2.32. The standard InChI is InChI=1S/C21H25N3O3/c1-14-8-9-16(12-18(14)27-3)21(26)24-11-5-7-17(13-24)20(25)23-19-15(2)6-4-10-22-19/h4,6,8-10,12,17H,5,7,11,13H2,1-3H3,(H,22,23,25). The molecule has 27 heavy (non-hydrogen) atoms. The van der Waals surface area contributed by atoms with E-state index in [-0.39, 0.29) is 17.7 Å². The molecule has 1 saturated heterocycles. The highest BCUT2D eigenvalue weighted by Gasteiger charge is 2.29. The van der Waals surface area contributed by atoms with Crippen LogP contribution < -0.4 is 10.1 Å². The van der Waals surface area contributed by atoms with Crippen molar-refractivity contribution < 1.29 is 14.3 Å². The van der Waals surface area contributed by atoms with Gasteiger partial charge >= 0.3 is 0 Å². The van der Waals surface area contributed by atoms with E-state index < -0.39 is 0 Å². The molecular formula is C21H25N3O3. The Labute approximate surface area is 159 Å². The van der Waals surface area contributed by atoms with Gasteiger partial charge in [0.1, 0.15) is 11.6 Å². The molecule has 0 aliphatic carbocycles. The molecule has 1 aliphatic rings. The molecule has 6 heteroatoms. The number of likely N-dealkylation sites (tertiary alicyclic amines) is 1. The predicted molar refractivity (Wildman–Crippen MR) is 104 cm³/mol. The molecule has 0 saturated carbocycles. The monoisotopic (exact) mass is 367 g/mol. The average Bonchev–Trinajstić information content (AvgIpc) is 2.69. The summed E-state index contributed by atoms with van der Waals surface area (Å²) < 4.78 is 5.32. The summed E-state index contributed by atoms with van der Waals surface area (Å²) in [5, 5.41) is 2.90. The number of aromatic nitrogens is 1. The van der Waals surface area contributed by atoms with E-state index in [1.807, 2.05) is 32.0 Å². The first-order valence-electron chi connectivity index (χ1n) is 9.16. The summed E-state index contributed by atoms with van der Waals surface area (Å²) in [6, 6.07) is 9.19. The largest absolute Gasteiger partial charge is 0.496 e. The molecule has 1 N–H and O–H groups in total. The summed E-state index contributed by atoms with van der Waals surface area (Å²) >= 11 is 0. The van der Waals surface area contributed by atoms with E-state index in [9.17, 15) is 9.59 Å². The second kappa shape index (κ2) is 8.20. The van der Waals surface area contributed by atoms with Crippen LogP contribution in [0, 0.1) is 19.8 Å². The highest BCUT2D eigenvalue weighted by Crippen LogP contribution is 2.24. The number of rotatable bonds is 4. The summed E-state index contributed by atoms with van der Waals surface area (Å²) in [6.07, 6.45) is 3.22. The van der Waals surface area contributed by atoms with Crippen LogP contribution in [0.15, 0.2) is 36.5 Å². The zero-order chi connectivity index (χ0) is 19.4. The van der Waals surface area contributed by atoms with E-state index >= 15 is 0 Å². The molecule has 1 atom stereocenters. The van der Waals surface area contributed by atoms with E-state index in [4.69, 9.17) is 4.74 Å². The minimum Gasteiger partial charge on any atom is -0.496 e. The lowest BCUT2D eigenvalue weighted by molar-refractivity contribution is -0.121. The van der Waals surface area contributed by atoms with E-state index in [1.165, 1.54) is 0 Å². The lowest BCUT2D eigenvalue weighted by atomic mass is 9.96. The fourth-order valence-electron chi connectivity index (χ4n) is 3.35. The Balaban J connectivity index is 1.69. The molecule has 1 aromatic heterocycles. The van der Waals surface area contributed by atoms with Crippen LogP contribution in [-0.4, -0.2) is 41.9 Å². The second-order valence-corrected chi connectivity index (χ2v) is 6.93. The summed E-state index contributed by atoms with van der Waals surface area (Å²) in [5.41, 5.74) is 2.48. The van der Waals surface area contributed by atoms with Crippen LogP contribution >= 0.6 is 0 Å². The fourth-order valence-corrected chi connectivity index (χ4v) is 3.35. The van der Waals surface area contributed by atoms with Crippen molar-refractivity contribution in [1.82, 2.24) is 9.88 Å². The quantitative estimate of drug-likeness (QED) is 0.901. The van der Waals surface area contributed by atoms with Gasteiger partial charge in [0.2, 0.25) is 5.91 Å². The van der Waals surface area contributed by atoms with Gasteiger partial charge in [-0.1, -0.05) is 12.1 Å². The van der Waals surface area contributed by atoms with Crippen LogP contribution in [0.1, 0.15) is 34.3 Å². The van der Waals surface area contributed by atoms with E-state index in [0.29, 0.717) is 30.2 Å². The molecule has 2 heterocycles. The molecule has 142 valence electrons. The van der Waals surface area contributed by atoms with Gasteiger partial charge < -0.3 is 15.0 Å². The molecule has 2 aromatic rings. The maximum atomic E-state index is 12.9. The Hall–Kier alpha value is -2.89. The van der Waals surface area contributed by atoms with Gasteiger partial charge in [0.05, 0.1) is 13.0 Å². The number of ether oxygens (including phenoxy) is 1. The molecule has 1 fully saturated rings.